The van der Waals surface area contributed by atoms with Gasteiger partial charge in [0.15, 0.2) is 11.6 Å². The van der Waals surface area contributed by atoms with E-state index in [1.165, 1.54) is 4.68 Å². The van der Waals surface area contributed by atoms with Gasteiger partial charge in [-0.3, -0.25) is 9.36 Å². The van der Waals surface area contributed by atoms with Crippen LogP contribution in [0.15, 0.2) is 66.1 Å². The topological polar surface area (TPSA) is 81.7 Å². The van der Waals surface area contributed by atoms with E-state index >= 15 is 0 Å². The molecule has 1 saturated heterocycles. The minimum atomic E-state index is -0.111. The molecule has 0 bridgehead atoms. The van der Waals surface area contributed by atoms with Crippen LogP contribution in [-0.2, 0) is 6.54 Å². The summed E-state index contributed by atoms with van der Waals surface area (Å²) in [4.78, 5) is 18.7. The molecule has 1 aliphatic heterocycles. The molecular weight excluding hydrogens is 354 g/mol. The summed E-state index contributed by atoms with van der Waals surface area (Å²) < 4.78 is 3.33. The number of rotatable bonds is 4. The second-order valence-electron chi connectivity index (χ2n) is 6.93. The quantitative estimate of drug-likeness (QED) is 0.544. The Balaban J connectivity index is 1.48. The standard InChI is InChI=1S/C20H19N7O/c28-19-8-7-18(25-11-9-21-14-25)24-27(19)13-16-5-3-10-26(16)20-17-6-2-1-4-15(17)12-22-23-20/h1-2,4,6-9,11-12,14,16H,3,5,10,13H2. The summed E-state index contributed by atoms with van der Waals surface area (Å²) in [6.07, 6.45) is 8.98. The Kier molecular flexibility index (Phi) is 4.08. The highest BCUT2D eigenvalue weighted by atomic mass is 16.1. The van der Waals surface area contributed by atoms with E-state index in [2.05, 4.69) is 31.2 Å². The molecule has 1 aliphatic rings. The monoisotopic (exact) mass is 373 g/mol. The molecule has 28 heavy (non-hydrogen) atoms. The number of imidazole rings is 1. The van der Waals surface area contributed by atoms with Crippen molar-refractivity contribution in [2.45, 2.75) is 25.4 Å². The predicted octanol–water partition coefficient (Wildman–Crippen LogP) is 2.04. The van der Waals surface area contributed by atoms with Gasteiger partial charge in [0, 0.05) is 35.8 Å². The van der Waals surface area contributed by atoms with Gasteiger partial charge in [-0.1, -0.05) is 24.3 Å². The molecule has 0 spiro atoms. The maximum absolute atomic E-state index is 12.4. The molecule has 5 rings (SSSR count). The molecule has 3 aromatic heterocycles. The Morgan fingerprint density at radius 1 is 1.14 bits per heavy atom. The van der Waals surface area contributed by atoms with Gasteiger partial charge >= 0.3 is 0 Å². The molecule has 1 unspecified atom stereocenters. The van der Waals surface area contributed by atoms with E-state index in [4.69, 9.17) is 0 Å². The van der Waals surface area contributed by atoms with Gasteiger partial charge in [0.25, 0.3) is 5.56 Å². The first-order valence-electron chi connectivity index (χ1n) is 9.33. The smallest absolute Gasteiger partial charge is 0.266 e. The van der Waals surface area contributed by atoms with E-state index in [0.717, 1.165) is 36.0 Å². The Morgan fingerprint density at radius 2 is 2.07 bits per heavy atom. The second kappa shape index (κ2) is 6.88. The van der Waals surface area contributed by atoms with E-state index in [0.29, 0.717) is 12.4 Å². The van der Waals surface area contributed by atoms with E-state index in [1.807, 2.05) is 24.4 Å². The predicted molar refractivity (Wildman–Crippen MR) is 106 cm³/mol. The molecule has 140 valence electrons. The van der Waals surface area contributed by atoms with Crippen LogP contribution in [0.5, 0.6) is 0 Å². The molecular formula is C20H19N7O. The molecule has 1 atom stereocenters. The fourth-order valence-corrected chi connectivity index (χ4v) is 3.83. The molecule has 1 fully saturated rings. The van der Waals surface area contributed by atoms with Crippen molar-refractivity contribution in [3.8, 4) is 5.82 Å². The third-order valence-corrected chi connectivity index (χ3v) is 5.21. The summed E-state index contributed by atoms with van der Waals surface area (Å²) >= 11 is 0. The average molecular weight is 373 g/mol. The highest BCUT2D eigenvalue weighted by Crippen LogP contribution is 2.30. The zero-order valence-electron chi connectivity index (χ0n) is 15.2. The Hall–Kier alpha value is -3.55. The van der Waals surface area contributed by atoms with E-state index in [-0.39, 0.29) is 11.6 Å². The van der Waals surface area contributed by atoms with Crippen molar-refractivity contribution < 1.29 is 0 Å². The number of aromatic nitrogens is 6. The maximum Gasteiger partial charge on any atom is 0.266 e. The third kappa shape index (κ3) is 2.92. The van der Waals surface area contributed by atoms with Crippen LogP contribution in [0.4, 0.5) is 5.82 Å². The van der Waals surface area contributed by atoms with Crippen LogP contribution >= 0.6 is 0 Å². The van der Waals surface area contributed by atoms with Crippen LogP contribution in [0.2, 0.25) is 0 Å². The fraction of sp³-hybridized carbons (Fsp3) is 0.250. The number of fused-ring (bicyclic) bond motifs is 1. The molecule has 0 saturated carbocycles. The maximum atomic E-state index is 12.4. The normalized spacial score (nSPS) is 16.7. The van der Waals surface area contributed by atoms with Crippen molar-refractivity contribution in [1.82, 2.24) is 29.5 Å². The molecule has 4 heterocycles. The highest BCUT2D eigenvalue weighted by molar-refractivity contribution is 5.91. The Bertz CT molecular complexity index is 1160. The fourth-order valence-electron chi connectivity index (χ4n) is 3.83. The summed E-state index contributed by atoms with van der Waals surface area (Å²) in [7, 11) is 0. The summed E-state index contributed by atoms with van der Waals surface area (Å²) in [6, 6.07) is 11.5. The second-order valence-corrected chi connectivity index (χ2v) is 6.93. The van der Waals surface area contributed by atoms with Gasteiger partial charge in [-0.15, -0.1) is 5.10 Å². The highest BCUT2D eigenvalue weighted by Gasteiger charge is 2.28. The minimum absolute atomic E-state index is 0.111. The molecule has 0 amide bonds. The lowest BCUT2D eigenvalue weighted by molar-refractivity contribution is 0.484. The molecule has 8 heteroatoms. The van der Waals surface area contributed by atoms with Gasteiger partial charge in [-0.2, -0.15) is 10.2 Å². The van der Waals surface area contributed by atoms with Gasteiger partial charge in [-0.25, -0.2) is 9.67 Å². The van der Waals surface area contributed by atoms with Crippen molar-refractivity contribution in [1.29, 1.82) is 0 Å². The zero-order valence-corrected chi connectivity index (χ0v) is 15.2. The molecule has 8 nitrogen and oxygen atoms in total. The van der Waals surface area contributed by atoms with Gasteiger partial charge in [0.05, 0.1) is 18.8 Å². The van der Waals surface area contributed by atoms with Crippen LogP contribution in [0.1, 0.15) is 12.8 Å². The third-order valence-electron chi connectivity index (χ3n) is 5.21. The lowest BCUT2D eigenvalue weighted by atomic mass is 10.1. The van der Waals surface area contributed by atoms with Crippen molar-refractivity contribution in [3.63, 3.8) is 0 Å². The van der Waals surface area contributed by atoms with Gasteiger partial charge < -0.3 is 4.90 Å². The molecule has 0 aliphatic carbocycles. The van der Waals surface area contributed by atoms with E-state index < -0.39 is 0 Å². The number of anilines is 1. The van der Waals surface area contributed by atoms with Crippen LogP contribution in [0.25, 0.3) is 16.6 Å². The SMILES string of the molecule is O=c1ccc(-n2ccnc2)nn1CC1CCCN1c1nncc2ccccc12. The average Bonchev–Trinajstić information content (AvgIpc) is 3.41. The van der Waals surface area contributed by atoms with Crippen LogP contribution in [-0.4, -0.2) is 42.1 Å². The summed E-state index contributed by atoms with van der Waals surface area (Å²) in [5.74, 6) is 1.55. The first-order valence-corrected chi connectivity index (χ1v) is 9.33. The lowest BCUT2D eigenvalue weighted by Crippen LogP contribution is -2.37. The van der Waals surface area contributed by atoms with Crippen LogP contribution in [0.3, 0.4) is 0 Å². The molecule has 0 N–H and O–H groups in total. The zero-order chi connectivity index (χ0) is 18.9. The van der Waals surface area contributed by atoms with E-state index in [9.17, 15) is 4.79 Å². The Labute approximate surface area is 161 Å². The lowest BCUT2D eigenvalue weighted by Gasteiger charge is -2.26. The van der Waals surface area contributed by atoms with Crippen molar-refractivity contribution in [3.05, 3.63) is 71.7 Å². The van der Waals surface area contributed by atoms with E-state index in [1.54, 1.807) is 35.4 Å². The number of hydrogen-bond donors (Lipinski definition) is 0. The van der Waals surface area contributed by atoms with Gasteiger partial charge in [0.1, 0.15) is 6.33 Å². The minimum Gasteiger partial charge on any atom is -0.350 e. The molecule has 0 radical (unpaired) electrons. The summed E-state index contributed by atoms with van der Waals surface area (Å²) in [5.41, 5.74) is -0.111. The number of benzene rings is 1. The number of nitrogens with zero attached hydrogens (tertiary/aromatic N) is 7. The van der Waals surface area contributed by atoms with Crippen molar-refractivity contribution >= 4 is 16.6 Å². The molecule has 4 aromatic rings. The van der Waals surface area contributed by atoms with Gasteiger partial charge in [0.2, 0.25) is 0 Å². The Morgan fingerprint density at radius 3 is 2.96 bits per heavy atom. The first-order chi connectivity index (χ1) is 13.8. The summed E-state index contributed by atoms with van der Waals surface area (Å²) in [5, 5.41) is 15.3. The first kappa shape index (κ1) is 16.6. The molecule has 1 aromatic carbocycles. The van der Waals surface area contributed by atoms with Crippen molar-refractivity contribution in [2.24, 2.45) is 0 Å². The van der Waals surface area contributed by atoms with Crippen molar-refractivity contribution in [2.75, 3.05) is 11.4 Å². The largest absolute Gasteiger partial charge is 0.350 e. The summed E-state index contributed by atoms with van der Waals surface area (Å²) in [6.45, 7) is 1.40. The van der Waals surface area contributed by atoms with Gasteiger partial charge in [-0.05, 0) is 18.9 Å². The van der Waals surface area contributed by atoms with Crippen LogP contribution in [0, 0.1) is 0 Å². The van der Waals surface area contributed by atoms with Crippen LogP contribution < -0.4 is 10.5 Å². The number of hydrogen-bond acceptors (Lipinski definition) is 6.